The van der Waals surface area contributed by atoms with Crippen molar-refractivity contribution in [2.24, 2.45) is 0 Å². The number of rotatable bonds is 6. The summed E-state index contributed by atoms with van der Waals surface area (Å²) in [5.41, 5.74) is 2.01. The van der Waals surface area contributed by atoms with E-state index in [0.717, 1.165) is 48.4 Å². The molecule has 5 nitrogen and oxygen atoms in total. The number of ether oxygens (including phenoxy) is 1. The SMILES string of the molecule is COc1cccc(CC(=O)N2CCCC[C@H]2c2ncc(Cc3cccc(Cl)c3)o2)c1. The topological polar surface area (TPSA) is 55.6 Å². The summed E-state index contributed by atoms with van der Waals surface area (Å²) >= 11 is 6.08. The number of hydrogen-bond acceptors (Lipinski definition) is 4. The lowest BCUT2D eigenvalue weighted by Gasteiger charge is -2.34. The summed E-state index contributed by atoms with van der Waals surface area (Å²) in [6.07, 6.45) is 5.63. The Labute approximate surface area is 181 Å². The van der Waals surface area contributed by atoms with Gasteiger partial charge in [0.1, 0.15) is 17.6 Å². The minimum Gasteiger partial charge on any atom is -0.497 e. The molecule has 0 unspecified atom stereocenters. The van der Waals surface area contributed by atoms with Gasteiger partial charge < -0.3 is 14.1 Å². The van der Waals surface area contributed by atoms with Crippen molar-refractivity contribution in [3.8, 4) is 5.75 Å². The van der Waals surface area contributed by atoms with E-state index >= 15 is 0 Å². The average Bonchev–Trinajstić information content (AvgIpc) is 3.22. The summed E-state index contributed by atoms with van der Waals surface area (Å²) in [5.74, 6) is 2.24. The second-order valence-corrected chi connectivity index (χ2v) is 8.03. The molecule has 0 N–H and O–H groups in total. The number of amides is 1. The predicted molar refractivity (Wildman–Crippen MR) is 116 cm³/mol. The molecular weight excluding hydrogens is 400 g/mol. The van der Waals surface area contributed by atoms with Crippen LogP contribution < -0.4 is 4.74 Å². The standard InChI is InChI=1S/C24H25ClN2O3/c1-29-20-9-5-7-18(13-20)15-23(28)27-11-3-2-10-22(27)24-26-16-21(30-24)14-17-6-4-8-19(25)12-17/h4-9,12-13,16,22H,2-3,10-11,14-15H2,1H3/t22-/m0/s1. The minimum atomic E-state index is -0.120. The molecule has 1 fully saturated rings. The monoisotopic (exact) mass is 424 g/mol. The van der Waals surface area contributed by atoms with E-state index in [4.69, 9.17) is 20.8 Å². The van der Waals surface area contributed by atoms with E-state index in [1.165, 1.54) is 0 Å². The van der Waals surface area contributed by atoms with Gasteiger partial charge in [-0.3, -0.25) is 4.79 Å². The number of likely N-dealkylation sites (tertiary alicyclic amines) is 1. The van der Waals surface area contributed by atoms with E-state index < -0.39 is 0 Å². The number of carbonyl (C=O) groups is 1. The Bertz CT molecular complexity index is 1020. The van der Waals surface area contributed by atoms with Crippen LogP contribution in [0.3, 0.4) is 0 Å². The molecule has 6 heteroatoms. The Kier molecular flexibility index (Phi) is 6.38. The maximum atomic E-state index is 13.1. The van der Waals surface area contributed by atoms with E-state index in [-0.39, 0.29) is 11.9 Å². The first kappa shape index (κ1) is 20.5. The van der Waals surface area contributed by atoms with E-state index in [9.17, 15) is 4.79 Å². The van der Waals surface area contributed by atoms with Crippen molar-refractivity contribution in [1.82, 2.24) is 9.88 Å². The first-order valence-corrected chi connectivity index (χ1v) is 10.6. The Balaban J connectivity index is 1.48. The minimum absolute atomic E-state index is 0.0857. The number of nitrogens with zero attached hydrogens (tertiary/aromatic N) is 2. The van der Waals surface area contributed by atoms with Gasteiger partial charge in [0.25, 0.3) is 0 Å². The quantitative estimate of drug-likeness (QED) is 0.544. The molecule has 2 aromatic carbocycles. The fourth-order valence-electron chi connectivity index (χ4n) is 3.95. The van der Waals surface area contributed by atoms with Crippen LogP contribution in [0.5, 0.6) is 5.75 Å². The lowest BCUT2D eigenvalue weighted by Crippen LogP contribution is -2.39. The summed E-state index contributed by atoms with van der Waals surface area (Å²) in [7, 11) is 1.63. The summed E-state index contributed by atoms with van der Waals surface area (Å²) in [6.45, 7) is 0.722. The highest BCUT2D eigenvalue weighted by molar-refractivity contribution is 6.30. The van der Waals surface area contributed by atoms with E-state index in [1.54, 1.807) is 13.3 Å². The van der Waals surface area contributed by atoms with Crippen LogP contribution in [0.25, 0.3) is 0 Å². The average molecular weight is 425 g/mol. The van der Waals surface area contributed by atoms with Crippen molar-refractivity contribution in [2.75, 3.05) is 13.7 Å². The van der Waals surface area contributed by atoms with Gasteiger partial charge in [0.05, 0.1) is 19.7 Å². The van der Waals surface area contributed by atoms with Crippen molar-refractivity contribution in [3.63, 3.8) is 0 Å². The zero-order chi connectivity index (χ0) is 20.9. The van der Waals surface area contributed by atoms with Gasteiger partial charge in [0.2, 0.25) is 11.8 Å². The molecule has 2 heterocycles. The number of halogens is 1. The molecule has 0 aliphatic carbocycles. The van der Waals surface area contributed by atoms with Crippen LogP contribution in [0.2, 0.25) is 5.02 Å². The highest BCUT2D eigenvalue weighted by Gasteiger charge is 2.31. The van der Waals surface area contributed by atoms with Crippen molar-refractivity contribution in [2.45, 2.75) is 38.1 Å². The van der Waals surface area contributed by atoms with E-state index in [2.05, 4.69) is 4.98 Å². The molecular formula is C24H25ClN2O3. The molecule has 0 spiro atoms. The summed E-state index contributed by atoms with van der Waals surface area (Å²) in [6, 6.07) is 15.2. The number of hydrogen-bond donors (Lipinski definition) is 0. The van der Waals surface area contributed by atoms with E-state index in [1.807, 2.05) is 53.4 Å². The molecule has 1 atom stereocenters. The number of oxazole rings is 1. The smallest absolute Gasteiger partial charge is 0.227 e. The van der Waals surface area contributed by atoms with Crippen LogP contribution in [0.4, 0.5) is 0 Å². The number of piperidine rings is 1. The van der Waals surface area contributed by atoms with Gasteiger partial charge in [-0.1, -0.05) is 35.9 Å². The number of carbonyl (C=O) groups excluding carboxylic acids is 1. The lowest BCUT2D eigenvalue weighted by atomic mass is 10.0. The summed E-state index contributed by atoms with van der Waals surface area (Å²) < 4.78 is 11.3. The largest absolute Gasteiger partial charge is 0.497 e. The molecule has 30 heavy (non-hydrogen) atoms. The molecule has 3 aromatic rings. The van der Waals surface area contributed by atoms with E-state index in [0.29, 0.717) is 23.8 Å². The van der Waals surface area contributed by atoms with Crippen molar-refractivity contribution < 1.29 is 13.9 Å². The highest BCUT2D eigenvalue weighted by Crippen LogP contribution is 2.32. The van der Waals surface area contributed by atoms with Crippen LogP contribution >= 0.6 is 11.6 Å². The van der Waals surface area contributed by atoms with Gasteiger partial charge >= 0.3 is 0 Å². The first-order valence-electron chi connectivity index (χ1n) is 10.2. The van der Waals surface area contributed by atoms with Gasteiger partial charge in [0.15, 0.2) is 0 Å². The molecule has 0 bridgehead atoms. The molecule has 1 saturated heterocycles. The lowest BCUT2D eigenvalue weighted by molar-refractivity contribution is -0.134. The summed E-state index contributed by atoms with van der Waals surface area (Å²) in [4.78, 5) is 19.5. The fourth-order valence-corrected chi connectivity index (χ4v) is 4.16. The van der Waals surface area contributed by atoms with Gasteiger partial charge in [-0.25, -0.2) is 4.98 Å². The highest BCUT2D eigenvalue weighted by atomic mass is 35.5. The van der Waals surface area contributed by atoms with Gasteiger partial charge in [-0.15, -0.1) is 0 Å². The second-order valence-electron chi connectivity index (χ2n) is 7.60. The normalized spacial score (nSPS) is 16.5. The molecule has 4 rings (SSSR count). The predicted octanol–water partition coefficient (Wildman–Crippen LogP) is 5.22. The maximum Gasteiger partial charge on any atom is 0.227 e. The van der Waals surface area contributed by atoms with Crippen molar-refractivity contribution in [3.05, 3.63) is 82.5 Å². The molecule has 1 aromatic heterocycles. The molecule has 0 saturated carbocycles. The molecule has 156 valence electrons. The third kappa shape index (κ3) is 4.85. The van der Waals surface area contributed by atoms with Crippen LogP contribution in [0.15, 0.2) is 59.1 Å². The first-order chi connectivity index (χ1) is 14.6. The Morgan fingerprint density at radius 3 is 2.87 bits per heavy atom. The van der Waals surface area contributed by atoms with Crippen LogP contribution in [0.1, 0.15) is 48.1 Å². The second kappa shape index (κ2) is 9.35. The van der Waals surface area contributed by atoms with Crippen LogP contribution in [-0.2, 0) is 17.6 Å². The maximum absolute atomic E-state index is 13.1. The number of methoxy groups -OCH3 is 1. The van der Waals surface area contributed by atoms with Gasteiger partial charge in [-0.05, 0) is 54.7 Å². The molecule has 0 radical (unpaired) electrons. The summed E-state index contributed by atoms with van der Waals surface area (Å²) in [5, 5.41) is 0.703. The Morgan fingerprint density at radius 1 is 1.20 bits per heavy atom. The molecule has 1 aliphatic rings. The van der Waals surface area contributed by atoms with Crippen molar-refractivity contribution in [1.29, 1.82) is 0 Å². The Morgan fingerprint density at radius 2 is 2.03 bits per heavy atom. The number of benzene rings is 2. The third-order valence-electron chi connectivity index (χ3n) is 5.44. The van der Waals surface area contributed by atoms with Gasteiger partial charge in [-0.2, -0.15) is 0 Å². The van der Waals surface area contributed by atoms with Gasteiger partial charge in [0, 0.05) is 18.0 Å². The van der Waals surface area contributed by atoms with Crippen LogP contribution in [0, 0.1) is 0 Å². The zero-order valence-electron chi connectivity index (χ0n) is 17.0. The van der Waals surface area contributed by atoms with Crippen molar-refractivity contribution >= 4 is 17.5 Å². The third-order valence-corrected chi connectivity index (χ3v) is 5.67. The fraction of sp³-hybridized carbons (Fsp3) is 0.333. The van der Waals surface area contributed by atoms with Crippen LogP contribution in [-0.4, -0.2) is 29.4 Å². The number of aromatic nitrogens is 1. The Hall–Kier alpha value is -2.79. The molecule has 1 aliphatic heterocycles. The molecule has 1 amide bonds. The zero-order valence-corrected chi connectivity index (χ0v) is 17.8.